The fourth-order valence-electron chi connectivity index (χ4n) is 1.93. The highest BCUT2D eigenvalue weighted by Gasteiger charge is 2.14. The average molecular weight is 308 g/mol. The van der Waals surface area contributed by atoms with Crippen LogP contribution in [0.15, 0.2) is 48.5 Å². The van der Waals surface area contributed by atoms with Gasteiger partial charge in [0.1, 0.15) is 5.82 Å². The molecule has 2 aromatic rings. The van der Waals surface area contributed by atoms with Gasteiger partial charge in [-0.1, -0.05) is 24.3 Å². The fraction of sp³-hybridized carbons (Fsp3) is 0.133. The zero-order valence-electron chi connectivity index (χ0n) is 11.0. The van der Waals surface area contributed by atoms with Crippen molar-refractivity contribution in [2.24, 2.45) is 0 Å². The maximum absolute atomic E-state index is 13.0. The van der Waals surface area contributed by atoms with Gasteiger partial charge in [-0.25, -0.2) is 17.6 Å². The second-order valence-electron chi connectivity index (χ2n) is 4.66. The lowest BCUT2D eigenvalue weighted by Crippen LogP contribution is -2.08. The van der Waals surface area contributed by atoms with E-state index < -0.39 is 21.6 Å². The highest BCUT2D eigenvalue weighted by Crippen LogP contribution is 2.14. The molecule has 0 saturated carbocycles. The summed E-state index contributed by atoms with van der Waals surface area (Å²) in [4.78, 5) is 10.7. The molecule has 0 radical (unpaired) electrons. The Morgan fingerprint density at radius 2 is 1.62 bits per heavy atom. The Bertz CT molecular complexity index is 751. The zero-order valence-corrected chi connectivity index (χ0v) is 11.8. The third-order valence-corrected chi connectivity index (χ3v) is 4.41. The summed E-state index contributed by atoms with van der Waals surface area (Å²) in [5.41, 5.74) is 0.981. The molecule has 0 fully saturated rings. The third kappa shape index (κ3) is 4.39. The highest BCUT2D eigenvalue weighted by molar-refractivity contribution is 7.89. The molecule has 0 aliphatic rings. The van der Waals surface area contributed by atoms with Crippen molar-refractivity contribution < 1.29 is 22.7 Å². The van der Waals surface area contributed by atoms with Crippen LogP contribution in [-0.4, -0.2) is 19.5 Å². The van der Waals surface area contributed by atoms with Crippen LogP contribution >= 0.6 is 0 Å². The minimum Gasteiger partial charge on any atom is -0.478 e. The van der Waals surface area contributed by atoms with Gasteiger partial charge in [0.05, 0.1) is 17.1 Å². The second-order valence-corrected chi connectivity index (χ2v) is 6.73. The number of carboxylic acids is 1. The predicted octanol–water partition coefficient (Wildman–Crippen LogP) is 2.64. The summed E-state index contributed by atoms with van der Waals surface area (Å²) in [5, 5.41) is 8.78. The number of carbonyl (C=O) groups is 1. The zero-order chi connectivity index (χ0) is 15.5. The van der Waals surface area contributed by atoms with Crippen LogP contribution in [0.4, 0.5) is 4.39 Å². The molecule has 0 atom stereocenters. The number of sulfone groups is 1. The molecule has 0 aliphatic heterocycles. The van der Waals surface area contributed by atoms with Crippen molar-refractivity contribution in [1.82, 2.24) is 0 Å². The molecule has 0 amide bonds. The number of carboxylic acid groups (broad SMARTS) is 1. The molecule has 21 heavy (non-hydrogen) atoms. The van der Waals surface area contributed by atoms with E-state index in [9.17, 15) is 17.6 Å². The van der Waals surface area contributed by atoms with Crippen molar-refractivity contribution in [3.8, 4) is 0 Å². The number of halogens is 1. The standard InChI is InChI=1S/C15H13FO4S/c16-14-3-1-2-12(8-14)10-21(19,20)9-11-4-6-13(7-5-11)15(17)18/h1-8H,9-10H2,(H,17,18). The van der Waals surface area contributed by atoms with Crippen molar-refractivity contribution in [2.75, 3.05) is 0 Å². The number of rotatable bonds is 5. The molecule has 6 heteroatoms. The van der Waals surface area contributed by atoms with E-state index in [2.05, 4.69) is 0 Å². The van der Waals surface area contributed by atoms with Crippen molar-refractivity contribution in [3.05, 3.63) is 71.0 Å². The molecule has 0 spiro atoms. The first-order valence-electron chi connectivity index (χ1n) is 6.13. The largest absolute Gasteiger partial charge is 0.478 e. The van der Waals surface area contributed by atoms with Crippen LogP contribution in [0.5, 0.6) is 0 Å². The number of aromatic carboxylic acids is 1. The Morgan fingerprint density at radius 1 is 1.00 bits per heavy atom. The number of hydrogen-bond acceptors (Lipinski definition) is 3. The van der Waals surface area contributed by atoms with E-state index in [1.807, 2.05) is 0 Å². The Labute approximate surface area is 121 Å². The van der Waals surface area contributed by atoms with Crippen molar-refractivity contribution in [2.45, 2.75) is 11.5 Å². The van der Waals surface area contributed by atoms with Gasteiger partial charge in [0.25, 0.3) is 0 Å². The Balaban J connectivity index is 2.12. The molecule has 0 aliphatic carbocycles. The normalized spacial score (nSPS) is 11.3. The van der Waals surface area contributed by atoms with Crippen molar-refractivity contribution in [3.63, 3.8) is 0 Å². The Morgan fingerprint density at radius 3 is 2.19 bits per heavy atom. The molecule has 110 valence electrons. The number of hydrogen-bond donors (Lipinski definition) is 1. The van der Waals surface area contributed by atoms with Crippen molar-refractivity contribution >= 4 is 15.8 Å². The van der Waals surface area contributed by atoms with Gasteiger partial charge in [0, 0.05) is 0 Å². The Hall–Kier alpha value is -2.21. The van der Waals surface area contributed by atoms with Gasteiger partial charge in [0.15, 0.2) is 9.84 Å². The fourth-order valence-corrected chi connectivity index (χ4v) is 3.42. The minimum absolute atomic E-state index is 0.0984. The average Bonchev–Trinajstić information content (AvgIpc) is 2.38. The number of benzene rings is 2. The van der Waals surface area contributed by atoms with E-state index in [0.29, 0.717) is 11.1 Å². The summed E-state index contributed by atoms with van der Waals surface area (Å²) >= 11 is 0. The predicted molar refractivity (Wildman–Crippen MR) is 76.1 cm³/mol. The quantitative estimate of drug-likeness (QED) is 0.921. The van der Waals surface area contributed by atoms with Gasteiger partial charge in [-0.15, -0.1) is 0 Å². The van der Waals surface area contributed by atoms with Crippen LogP contribution in [0.3, 0.4) is 0 Å². The minimum atomic E-state index is -3.45. The lowest BCUT2D eigenvalue weighted by Gasteiger charge is -2.05. The van der Waals surface area contributed by atoms with Crippen LogP contribution < -0.4 is 0 Å². The van der Waals surface area contributed by atoms with E-state index >= 15 is 0 Å². The molecule has 0 unspecified atom stereocenters. The first kappa shape index (κ1) is 15.2. The third-order valence-electron chi connectivity index (χ3n) is 2.86. The van der Waals surface area contributed by atoms with Crippen LogP contribution in [0.1, 0.15) is 21.5 Å². The van der Waals surface area contributed by atoms with Crippen molar-refractivity contribution in [1.29, 1.82) is 0 Å². The summed E-state index contributed by atoms with van der Waals surface area (Å²) in [6.07, 6.45) is 0. The van der Waals surface area contributed by atoms with E-state index in [1.54, 1.807) is 6.07 Å². The van der Waals surface area contributed by atoms with Gasteiger partial charge in [-0.05, 0) is 35.4 Å². The summed E-state index contributed by atoms with van der Waals surface area (Å²) < 4.78 is 37.2. The van der Waals surface area contributed by atoms with Gasteiger partial charge in [-0.2, -0.15) is 0 Å². The summed E-state index contributed by atoms with van der Waals surface area (Å²) in [5.74, 6) is -2.02. The Kier molecular flexibility index (Phi) is 4.37. The van der Waals surface area contributed by atoms with Gasteiger partial charge in [0.2, 0.25) is 0 Å². The summed E-state index contributed by atoms with van der Waals surface area (Å²) in [7, 11) is -3.45. The molecule has 1 N–H and O–H groups in total. The van der Waals surface area contributed by atoms with Crippen LogP contribution in [0.25, 0.3) is 0 Å². The van der Waals surface area contributed by atoms with Crippen LogP contribution in [-0.2, 0) is 21.3 Å². The highest BCUT2D eigenvalue weighted by atomic mass is 32.2. The molecule has 2 rings (SSSR count). The molecular weight excluding hydrogens is 295 g/mol. The van der Waals surface area contributed by atoms with E-state index in [0.717, 1.165) is 0 Å². The monoisotopic (exact) mass is 308 g/mol. The van der Waals surface area contributed by atoms with Gasteiger partial charge < -0.3 is 5.11 Å². The van der Waals surface area contributed by atoms with Gasteiger partial charge in [-0.3, -0.25) is 0 Å². The molecule has 4 nitrogen and oxygen atoms in total. The first-order chi connectivity index (χ1) is 9.85. The second kappa shape index (κ2) is 6.05. The molecule has 0 heterocycles. The smallest absolute Gasteiger partial charge is 0.335 e. The van der Waals surface area contributed by atoms with Gasteiger partial charge >= 0.3 is 5.97 Å². The summed E-state index contributed by atoms with van der Waals surface area (Å²) in [6.45, 7) is 0. The van der Waals surface area contributed by atoms with E-state index in [4.69, 9.17) is 5.11 Å². The van der Waals surface area contributed by atoms with E-state index in [1.165, 1.54) is 42.5 Å². The first-order valence-corrected chi connectivity index (χ1v) is 7.95. The molecule has 2 aromatic carbocycles. The van der Waals surface area contributed by atoms with Crippen LogP contribution in [0.2, 0.25) is 0 Å². The SMILES string of the molecule is O=C(O)c1ccc(CS(=O)(=O)Cc2cccc(F)c2)cc1. The lowest BCUT2D eigenvalue weighted by atomic mass is 10.1. The maximum atomic E-state index is 13.0. The van der Waals surface area contributed by atoms with Crippen LogP contribution in [0, 0.1) is 5.82 Å². The molecule has 0 bridgehead atoms. The lowest BCUT2D eigenvalue weighted by molar-refractivity contribution is 0.0697. The molecule has 0 aromatic heterocycles. The molecule has 0 saturated heterocycles. The topological polar surface area (TPSA) is 71.4 Å². The molecular formula is C15H13FO4S. The maximum Gasteiger partial charge on any atom is 0.335 e. The summed E-state index contributed by atoms with van der Waals surface area (Å²) in [6, 6.07) is 11.1. The van der Waals surface area contributed by atoms with E-state index in [-0.39, 0.29) is 17.1 Å².